The van der Waals surface area contributed by atoms with Gasteiger partial charge in [0.25, 0.3) is 0 Å². The van der Waals surface area contributed by atoms with E-state index in [-0.39, 0.29) is 23.2 Å². The Bertz CT molecular complexity index is 632. The highest BCUT2D eigenvalue weighted by molar-refractivity contribution is 5.94. The van der Waals surface area contributed by atoms with Crippen molar-refractivity contribution in [2.75, 3.05) is 12.4 Å². The van der Waals surface area contributed by atoms with Crippen molar-refractivity contribution in [2.45, 2.75) is 6.92 Å². The molecule has 7 heteroatoms. The number of benzene rings is 1. The molecule has 1 heterocycles. The van der Waals surface area contributed by atoms with Gasteiger partial charge in [-0.3, -0.25) is 20.2 Å². The highest BCUT2D eigenvalue weighted by Crippen LogP contribution is 2.38. The van der Waals surface area contributed by atoms with E-state index in [1.165, 1.54) is 32.2 Å². The zero-order chi connectivity index (χ0) is 13.3. The molecule has 0 aliphatic rings. The van der Waals surface area contributed by atoms with E-state index < -0.39 is 4.92 Å². The van der Waals surface area contributed by atoms with Crippen molar-refractivity contribution in [3.63, 3.8) is 0 Å². The van der Waals surface area contributed by atoms with E-state index in [1.54, 1.807) is 0 Å². The predicted molar refractivity (Wildman–Crippen MR) is 63.7 cm³/mol. The van der Waals surface area contributed by atoms with Gasteiger partial charge in [-0.15, -0.1) is 0 Å². The molecule has 0 fully saturated rings. The van der Waals surface area contributed by atoms with Crippen molar-refractivity contribution < 1.29 is 18.9 Å². The number of fused-ring (bicyclic) bond motifs is 1. The van der Waals surface area contributed by atoms with Crippen LogP contribution in [-0.2, 0) is 4.79 Å². The lowest BCUT2D eigenvalue weighted by Crippen LogP contribution is -2.04. The highest BCUT2D eigenvalue weighted by Gasteiger charge is 2.20. The minimum atomic E-state index is -0.538. The first kappa shape index (κ1) is 11.9. The van der Waals surface area contributed by atoms with E-state index in [1.807, 2.05) is 0 Å². The maximum atomic E-state index is 10.9. The number of hydrogen-bond acceptors (Lipinski definition) is 5. The summed E-state index contributed by atoms with van der Waals surface area (Å²) >= 11 is 0. The number of carbonyl (C=O) groups excluding carboxylic acids is 1. The fourth-order valence-electron chi connectivity index (χ4n) is 1.67. The highest BCUT2D eigenvalue weighted by atomic mass is 16.6. The van der Waals surface area contributed by atoms with Crippen LogP contribution in [0.2, 0.25) is 0 Å². The molecule has 18 heavy (non-hydrogen) atoms. The molecular weight excluding hydrogens is 240 g/mol. The first-order chi connectivity index (χ1) is 8.52. The van der Waals surface area contributed by atoms with Crippen LogP contribution in [-0.4, -0.2) is 17.9 Å². The normalized spacial score (nSPS) is 10.3. The molecule has 0 saturated heterocycles. The fraction of sp³-hybridized carbons (Fsp3) is 0.182. The number of rotatable bonds is 3. The Morgan fingerprint density at radius 1 is 1.50 bits per heavy atom. The molecule has 1 aromatic heterocycles. The average Bonchev–Trinajstić information content (AvgIpc) is 2.68. The summed E-state index contributed by atoms with van der Waals surface area (Å²) in [5, 5.41) is 13.7. The van der Waals surface area contributed by atoms with Gasteiger partial charge in [-0.05, 0) is 6.07 Å². The number of amides is 1. The molecular formula is C11H10N2O5. The van der Waals surface area contributed by atoms with Crippen LogP contribution in [0.3, 0.4) is 0 Å². The van der Waals surface area contributed by atoms with Gasteiger partial charge >= 0.3 is 5.69 Å². The maximum Gasteiger partial charge on any atom is 0.311 e. The Hall–Kier alpha value is -2.57. The molecule has 0 aliphatic heterocycles. The third-order valence-electron chi connectivity index (χ3n) is 2.33. The zero-order valence-corrected chi connectivity index (χ0v) is 9.72. The summed E-state index contributed by atoms with van der Waals surface area (Å²) in [4.78, 5) is 21.2. The number of nitrogens with zero attached hydrogens (tertiary/aromatic N) is 1. The molecule has 1 aromatic carbocycles. The molecule has 0 spiro atoms. The summed E-state index contributed by atoms with van der Waals surface area (Å²) in [5.74, 6) is 0.0386. The van der Waals surface area contributed by atoms with Gasteiger partial charge < -0.3 is 9.15 Å². The Kier molecular flexibility index (Phi) is 2.88. The van der Waals surface area contributed by atoms with E-state index >= 15 is 0 Å². The van der Waals surface area contributed by atoms with Gasteiger partial charge in [0.2, 0.25) is 17.5 Å². The Morgan fingerprint density at radius 2 is 2.22 bits per heavy atom. The average molecular weight is 250 g/mol. The fourth-order valence-corrected chi connectivity index (χ4v) is 1.67. The zero-order valence-electron chi connectivity index (χ0n) is 9.72. The van der Waals surface area contributed by atoms with E-state index in [9.17, 15) is 14.9 Å². The van der Waals surface area contributed by atoms with Gasteiger partial charge in [0, 0.05) is 19.1 Å². The van der Waals surface area contributed by atoms with Gasteiger partial charge in [-0.25, -0.2) is 0 Å². The first-order valence-electron chi connectivity index (χ1n) is 5.05. The molecule has 2 aromatic rings. The minimum absolute atomic E-state index is 0.109. The SMILES string of the molecule is COc1c([N+](=O)[O-])ccc2oc(NC(C)=O)cc12. The van der Waals surface area contributed by atoms with Crippen molar-refractivity contribution >= 4 is 28.4 Å². The molecule has 94 valence electrons. The molecule has 0 radical (unpaired) electrons. The number of nitro benzene ring substituents is 1. The molecule has 1 amide bonds. The smallest absolute Gasteiger partial charge is 0.311 e. The molecule has 1 N–H and O–H groups in total. The number of nitro groups is 1. The van der Waals surface area contributed by atoms with E-state index in [4.69, 9.17) is 9.15 Å². The summed E-state index contributed by atoms with van der Waals surface area (Å²) in [6.07, 6.45) is 0. The lowest BCUT2D eigenvalue weighted by Gasteiger charge is -2.01. The van der Waals surface area contributed by atoms with E-state index in [2.05, 4.69) is 5.32 Å². The molecule has 0 aliphatic carbocycles. The molecule has 0 unspecified atom stereocenters. The van der Waals surface area contributed by atoms with Crippen molar-refractivity contribution in [1.82, 2.24) is 0 Å². The van der Waals surface area contributed by atoms with Gasteiger partial charge in [0.1, 0.15) is 5.58 Å². The topological polar surface area (TPSA) is 94.6 Å². The van der Waals surface area contributed by atoms with Crippen LogP contribution in [0.1, 0.15) is 6.92 Å². The van der Waals surface area contributed by atoms with Crippen LogP contribution < -0.4 is 10.1 Å². The van der Waals surface area contributed by atoms with Gasteiger partial charge in [0.15, 0.2) is 0 Å². The van der Waals surface area contributed by atoms with E-state index in [0.717, 1.165) is 0 Å². The second-order valence-electron chi connectivity index (χ2n) is 3.58. The molecule has 7 nitrogen and oxygen atoms in total. The molecule has 0 bridgehead atoms. The first-order valence-corrected chi connectivity index (χ1v) is 5.05. The van der Waals surface area contributed by atoms with Crippen LogP contribution in [0.5, 0.6) is 5.75 Å². The van der Waals surface area contributed by atoms with Crippen LogP contribution in [0, 0.1) is 10.1 Å². The lowest BCUT2D eigenvalue weighted by molar-refractivity contribution is -0.385. The maximum absolute atomic E-state index is 10.9. The Morgan fingerprint density at radius 3 is 2.78 bits per heavy atom. The Balaban J connectivity index is 2.61. The monoisotopic (exact) mass is 250 g/mol. The molecule has 2 rings (SSSR count). The van der Waals surface area contributed by atoms with Crippen LogP contribution in [0.4, 0.5) is 11.6 Å². The molecule has 0 atom stereocenters. The van der Waals surface area contributed by atoms with Gasteiger partial charge in [0.05, 0.1) is 17.4 Å². The number of hydrogen-bond donors (Lipinski definition) is 1. The van der Waals surface area contributed by atoms with Crippen molar-refractivity contribution in [3.8, 4) is 5.75 Å². The van der Waals surface area contributed by atoms with Crippen molar-refractivity contribution in [2.24, 2.45) is 0 Å². The summed E-state index contributed by atoms with van der Waals surface area (Å²) in [7, 11) is 1.34. The second kappa shape index (κ2) is 4.36. The number of methoxy groups -OCH3 is 1. The van der Waals surface area contributed by atoms with E-state index in [0.29, 0.717) is 11.0 Å². The van der Waals surface area contributed by atoms with Crippen molar-refractivity contribution in [3.05, 3.63) is 28.3 Å². The number of ether oxygens (including phenoxy) is 1. The number of anilines is 1. The minimum Gasteiger partial charge on any atom is -0.490 e. The quantitative estimate of drug-likeness (QED) is 0.666. The summed E-state index contributed by atoms with van der Waals surface area (Å²) in [6, 6.07) is 4.24. The second-order valence-corrected chi connectivity index (χ2v) is 3.58. The Labute approximate surface area is 101 Å². The number of carbonyl (C=O) groups is 1. The summed E-state index contributed by atoms with van der Waals surface area (Å²) < 4.78 is 10.3. The summed E-state index contributed by atoms with van der Waals surface area (Å²) in [5.41, 5.74) is 0.251. The van der Waals surface area contributed by atoms with Crippen LogP contribution in [0.25, 0.3) is 11.0 Å². The van der Waals surface area contributed by atoms with Crippen molar-refractivity contribution in [1.29, 1.82) is 0 Å². The third-order valence-corrected chi connectivity index (χ3v) is 2.33. The van der Waals surface area contributed by atoms with Crippen LogP contribution in [0.15, 0.2) is 22.6 Å². The lowest BCUT2D eigenvalue weighted by atomic mass is 10.2. The summed E-state index contributed by atoms with van der Waals surface area (Å²) in [6.45, 7) is 1.34. The predicted octanol–water partition coefficient (Wildman–Crippen LogP) is 2.31. The van der Waals surface area contributed by atoms with Crippen LogP contribution >= 0.6 is 0 Å². The standard InChI is InChI=1S/C11H10N2O5/c1-6(14)12-10-5-7-9(18-10)4-3-8(13(15)16)11(7)17-2/h3-5H,1-2H3,(H,12,14). The number of furan rings is 1. The van der Waals surface area contributed by atoms with Gasteiger partial charge in [-0.2, -0.15) is 0 Å². The molecule has 0 saturated carbocycles. The number of nitrogens with one attached hydrogen (secondary N) is 1. The largest absolute Gasteiger partial charge is 0.490 e. The third kappa shape index (κ3) is 1.97. The van der Waals surface area contributed by atoms with Gasteiger partial charge in [-0.1, -0.05) is 0 Å².